The molecule has 0 heterocycles. The van der Waals surface area contributed by atoms with Gasteiger partial charge in [-0.3, -0.25) is 9.59 Å². The van der Waals surface area contributed by atoms with Crippen molar-refractivity contribution in [3.05, 3.63) is 36.5 Å². The summed E-state index contributed by atoms with van der Waals surface area (Å²) in [6, 6.07) is 0. The first kappa shape index (κ1) is 23.5. The zero-order valence-corrected chi connectivity index (χ0v) is 16.7. The highest BCUT2D eigenvalue weighted by Gasteiger charge is 2.31. The smallest absolute Gasteiger partial charge is 0.160 e. The second-order valence-electron chi connectivity index (χ2n) is 7.52. The molecular formula is C23H36O4. The average Bonchev–Trinajstić information content (AvgIpc) is 3.01. The molecule has 0 amide bonds. The molecule has 0 aliphatic heterocycles. The Morgan fingerprint density at radius 3 is 2.78 bits per heavy atom. The van der Waals surface area contributed by atoms with Gasteiger partial charge < -0.3 is 10.2 Å². The van der Waals surface area contributed by atoms with Crippen molar-refractivity contribution in [2.45, 2.75) is 77.2 Å². The molecular weight excluding hydrogens is 340 g/mol. The quantitative estimate of drug-likeness (QED) is 0.269. The highest BCUT2D eigenvalue weighted by atomic mass is 16.3. The van der Waals surface area contributed by atoms with Gasteiger partial charge in [-0.1, -0.05) is 50.6 Å². The molecule has 3 atom stereocenters. The molecule has 0 aromatic heterocycles. The summed E-state index contributed by atoms with van der Waals surface area (Å²) < 4.78 is 0. The standard InChI is InChI=1S/C23H36O4/c1-3-4-11-20(25)12-9-10-19-15-16-23(27)21(19)13-7-5-6-8-14-22(26)18(2)17-24/h5,7,9-10,19-21,24-25H,2-4,6,8,11-17H2,1H3/t19-,20?,21+/m0/s1. The molecule has 1 saturated carbocycles. The molecule has 1 rings (SSSR count). The summed E-state index contributed by atoms with van der Waals surface area (Å²) in [4.78, 5) is 23.7. The van der Waals surface area contributed by atoms with E-state index < -0.39 is 0 Å². The molecule has 1 fully saturated rings. The first-order valence-corrected chi connectivity index (χ1v) is 10.3. The number of allylic oxidation sites excluding steroid dienone is 3. The van der Waals surface area contributed by atoms with Gasteiger partial charge in [0.1, 0.15) is 5.78 Å². The summed E-state index contributed by atoms with van der Waals surface area (Å²) in [5, 5.41) is 18.8. The highest BCUT2D eigenvalue weighted by Crippen LogP contribution is 2.33. The minimum Gasteiger partial charge on any atom is -0.393 e. The first-order chi connectivity index (χ1) is 13.0. The van der Waals surface area contributed by atoms with E-state index >= 15 is 0 Å². The lowest BCUT2D eigenvalue weighted by Crippen LogP contribution is -2.12. The maximum Gasteiger partial charge on any atom is 0.160 e. The molecule has 0 saturated heterocycles. The minimum atomic E-state index is -0.277. The van der Waals surface area contributed by atoms with Gasteiger partial charge in [0.15, 0.2) is 5.78 Å². The van der Waals surface area contributed by atoms with Crippen LogP contribution in [0.4, 0.5) is 0 Å². The van der Waals surface area contributed by atoms with Crippen molar-refractivity contribution in [1.29, 1.82) is 0 Å². The largest absolute Gasteiger partial charge is 0.393 e. The SMILES string of the molecule is C=C(CO)C(=O)CCCC=CC[C@H]1C(=O)CC[C@@H]1C=CCC(O)CCCC. The molecule has 1 unspecified atom stereocenters. The van der Waals surface area contributed by atoms with E-state index in [0.29, 0.717) is 25.0 Å². The molecule has 0 radical (unpaired) electrons. The van der Waals surface area contributed by atoms with Crippen LogP contribution in [0.25, 0.3) is 0 Å². The second kappa shape index (κ2) is 13.6. The third kappa shape index (κ3) is 9.30. The van der Waals surface area contributed by atoms with E-state index in [4.69, 9.17) is 5.11 Å². The van der Waals surface area contributed by atoms with Crippen molar-refractivity contribution in [2.75, 3.05) is 6.61 Å². The number of Topliss-reactive ketones (excluding diaryl/α,β-unsaturated/α-hetero) is 2. The van der Waals surface area contributed by atoms with Crippen LogP contribution in [-0.2, 0) is 9.59 Å². The van der Waals surface area contributed by atoms with Crippen LogP contribution in [0, 0.1) is 11.8 Å². The lowest BCUT2D eigenvalue weighted by Gasteiger charge is -2.13. The predicted molar refractivity (Wildman–Crippen MR) is 109 cm³/mol. The molecule has 4 nitrogen and oxygen atoms in total. The van der Waals surface area contributed by atoms with Crippen LogP contribution in [-0.4, -0.2) is 34.5 Å². The molecule has 0 bridgehead atoms. The summed E-state index contributed by atoms with van der Waals surface area (Å²) >= 11 is 0. The van der Waals surface area contributed by atoms with Crippen LogP contribution in [0.2, 0.25) is 0 Å². The van der Waals surface area contributed by atoms with Gasteiger partial charge in [0.2, 0.25) is 0 Å². The maximum absolute atomic E-state index is 12.1. The molecule has 1 aliphatic carbocycles. The Kier molecular flexibility index (Phi) is 11.9. The summed E-state index contributed by atoms with van der Waals surface area (Å²) in [7, 11) is 0. The van der Waals surface area contributed by atoms with E-state index in [0.717, 1.165) is 44.9 Å². The molecule has 0 spiro atoms. The maximum atomic E-state index is 12.1. The van der Waals surface area contributed by atoms with Crippen molar-refractivity contribution in [2.24, 2.45) is 11.8 Å². The Labute approximate surface area is 164 Å². The van der Waals surface area contributed by atoms with Gasteiger partial charge in [0.05, 0.1) is 12.7 Å². The van der Waals surface area contributed by atoms with Gasteiger partial charge in [0, 0.05) is 24.3 Å². The van der Waals surface area contributed by atoms with Crippen LogP contribution < -0.4 is 0 Å². The topological polar surface area (TPSA) is 74.6 Å². The molecule has 1 aliphatic rings. The Morgan fingerprint density at radius 2 is 2.07 bits per heavy atom. The highest BCUT2D eigenvalue weighted by molar-refractivity contribution is 5.94. The van der Waals surface area contributed by atoms with E-state index in [-0.39, 0.29) is 35.9 Å². The number of hydrogen-bond acceptors (Lipinski definition) is 4. The third-order valence-corrected chi connectivity index (χ3v) is 5.25. The van der Waals surface area contributed by atoms with Gasteiger partial charge in [-0.2, -0.15) is 0 Å². The van der Waals surface area contributed by atoms with Crippen LogP contribution >= 0.6 is 0 Å². The number of unbranched alkanes of at least 4 members (excludes halogenated alkanes) is 2. The Hall–Kier alpha value is -1.52. The zero-order valence-electron chi connectivity index (χ0n) is 16.7. The Bertz CT molecular complexity index is 532. The van der Waals surface area contributed by atoms with Gasteiger partial charge in [-0.05, 0) is 44.4 Å². The first-order valence-electron chi connectivity index (χ1n) is 10.3. The Morgan fingerprint density at radius 1 is 1.30 bits per heavy atom. The molecule has 2 N–H and O–H groups in total. The molecule has 4 heteroatoms. The molecule has 0 aromatic rings. The number of aliphatic hydroxyl groups is 2. The van der Waals surface area contributed by atoms with Crippen LogP contribution in [0.5, 0.6) is 0 Å². The number of ketones is 2. The van der Waals surface area contributed by atoms with Gasteiger partial charge in [0.25, 0.3) is 0 Å². The van der Waals surface area contributed by atoms with E-state index in [2.05, 4.69) is 25.7 Å². The Balaban J connectivity index is 2.33. The number of rotatable bonds is 14. The fraction of sp³-hybridized carbons (Fsp3) is 0.652. The van der Waals surface area contributed by atoms with Gasteiger partial charge >= 0.3 is 0 Å². The molecule has 152 valence electrons. The number of hydrogen-bond donors (Lipinski definition) is 2. The minimum absolute atomic E-state index is 0.0427. The van der Waals surface area contributed by atoms with Crippen LogP contribution in [0.15, 0.2) is 36.5 Å². The summed E-state index contributed by atoms with van der Waals surface area (Å²) in [6.45, 7) is 5.37. The average molecular weight is 377 g/mol. The van der Waals surface area contributed by atoms with Crippen molar-refractivity contribution < 1.29 is 19.8 Å². The van der Waals surface area contributed by atoms with Crippen LogP contribution in [0.1, 0.15) is 71.1 Å². The van der Waals surface area contributed by atoms with Gasteiger partial charge in [-0.15, -0.1) is 0 Å². The zero-order chi connectivity index (χ0) is 20.1. The van der Waals surface area contributed by atoms with Gasteiger partial charge in [-0.25, -0.2) is 0 Å². The summed E-state index contributed by atoms with van der Waals surface area (Å²) in [5.41, 5.74) is 0.268. The normalized spacial score (nSPS) is 21.4. The van der Waals surface area contributed by atoms with E-state index in [1.165, 1.54) is 0 Å². The predicted octanol–water partition coefficient (Wildman–Crippen LogP) is 4.31. The van der Waals surface area contributed by atoms with Crippen molar-refractivity contribution in [3.63, 3.8) is 0 Å². The van der Waals surface area contributed by atoms with E-state index in [1.807, 2.05) is 12.2 Å². The van der Waals surface area contributed by atoms with E-state index in [9.17, 15) is 14.7 Å². The second-order valence-corrected chi connectivity index (χ2v) is 7.52. The number of carbonyl (C=O) groups excluding carboxylic acids is 2. The summed E-state index contributed by atoms with van der Waals surface area (Å²) in [6.07, 6.45) is 15.8. The lowest BCUT2D eigenvalue weighted by molar-refractivity contribution is -0.121. The number of carbonyl (C=O) groups is 2. The summed E-state index contributed by atoms with van der Waals surface area (Å²) in [5.74, 6) is 0.564. The molecule has 0 aromatic carbocycles. The number of aliphatic hydroxyl groups excluding tert-OH is 2. The van der Waals surface area contributed by atoms with E-state index in [1.54, 1.807) is 0 Å². The molecule has 27 heavy (non-hydrogen) atoms. The fourth-order valence-corrected chi connectivity index (χ4v) is 3.45. The fourth-order valence-electron chi connectivity index (χ4n) is 3.45. The lowest BCUT2D eigenvalue weighted by atomic mass is 9.91. The van der Waals surface area contributed by atoms with Crippen molar-refractivity contribution in [3.8, 4) is 0 Å². The van der Waals surface area contributed by atoms with Crippen molar-refractivity contribution >= 4 is 11.6 Å². The monoisotopic (exact) mass is 376 g/mol. The van der Waals surface area contributed by atoms with Crippen LogP contribution in [0.3, 0.4) is 0 Å². The van der Waals surface area contributed by atoms with Crippen molar-refractivity contribution in [1.82, 2.24) is 0 Å². The third-order valence-electron chi connectivity index (χ3n) is 5.25.